The molecule has 0 saturated heterocycles. The van der Waals surface area contributed by atoms with Crippen LogP contribution in [0.3, 0.4) is 0 Å². The van der Waals surface area contributed by atoms with Crippen molar-refractivity contribution in [3.05, 3.63) is 35.4 Å². The molecule has 0 bridgehead atoms. The molecule has 0 aliphatic rings. The second-order valence-corrected chi connectivity index (χ2v) is 3.75. The first-order chi connectivity index (χ1) is 6.15. The number of halogens is 2. The Kier molecular flexibility index (Phi) is 3.58. The molecule has 0 heterocycles. The first kappa shape index (κ1) is 10.4. The topological polar surface area (TPSA) is 32.6 Å². The van der Waals surface area contributed by atoms with Gasteiger partial charge in [-0.05, 0) is 6.92 Å². The number of hydrogen-bond donors (Lipinski definition) is 1. The van der Waals surface area contributed by atoms with Crippen LogP contribution >= 0.6 is 23.2 Å². The summed E-state index contributed by atoms with van der Waals surface area (Å²) >= 11 is 11.2. The van der Waals surface area contributed by atoms with Crippen molar-refractivity contribution in [3.63, 3.8) is 0 Å². The number of hydrogen-bond acceptors (Lipinski definition) is 2. The molecule has 0 radical (unpaired) electrons. The lowest BCUT2D eigenvalue weighted by molar-refractivity contribution is 0.319. The van der Waals surface area contributed by atoms with Crippen LogP contribution in [0, 0.1) is 6.92 Å². The van der Waals surface area contributed by atoms with Gasteiger partial charge in [0, 0.05) is 5.56 Å². The van der Waals surface area contributed by atoms with E-state index >= 15 is 0 Å². The highest BCUT2D eigenvalue weighted by atomic mass is 35.5. The number of aryl methyl sites for hydroxylation is 1. The van der Waals surface area contributed by atoms with Gasteiger partial charge in [0.15, 0.2) is 4.84 Å². The quantitative estimate of drug-likeness (QED) is 0.352. The van der Waals surface area contributed by atoms with Gasteiger partial charge < -0.3 is 5.21 Å². The van der Waals surface area contributed by atoms with Gasteiger partial charge in [-0.1, -0.05) is 58.2 Å². The highest BCUT2D eigenvalue weighted by molar-refractivity contribution is 6.56. The second kappa shape index (κ2) is 4.49. The molecule has 0 aromatic heterocycles. The molecule has 0 unspecified atom stereocenters. The Labute approximate surface area is 86.8 Å². The first-order valence-electron chi connectivity index (χ1n) is 3.72. The molecule has 13 heavy (non-hydrogen) atoms. The van der Waals surface area contributed by atoms with Crippen molar-refractivity contribution in [3.8, 4) is 0 Å². The minimum Gasteiger partial charge on any atom is -0.411 e. The van der Waals surface area contributed by atoms with E-state index in [1.807, 2.05) is 31.2 Å². The molecular weight excluding hydrogens is 209 g/mol. The van der Waals surface area contributed by atoms with E-state index in [9.17, 15) is 0 Å². The van der Waals surface area contributed by atoms with Gasteiger partial charge in [0.1, 0.15) is 5.71 Å². The number of alkyl halides is 2. The van der Waals surface area contributed by atoms with E-state index in [1.54, 1.807) is 0 Å². The molecule has 1 rings (SSSR count). The zero-order chi connectivity index (χ0) is 9.84. The molecule has 1 N–H and O–H groups in total. The summed E-state index contributed by atoms with van der Waals surface area (Å²) in [7, 11) is 0. The van der Waals surface area contributed by atoms with Crippen LogP contribution in [0.15, 0.2) is 29.4 Å². The maximum atomic E-state index is 8.64. The molecule has 70 valence electrons. The van der Waals surface area contributed by atoms with Crippen molar-refractivity contribution >= 4 is 28.9 Å². The normalized spacial score (nSPS) is 12.2. The van der Waals surface area contributed by atoms with E-state index in [0.29, 0.717) is 0 Å². The molecular formula is C9H9Cl2NO. The van der Waals surface area contributed by atoms with Gasteiger partial charge in [0.2, 0.25) is 0 Å². The fourth-order valence-corrected chi connectivity index (χ4v) is 1.29. The van der Waals surface area contributed by atoms with Crippen LogP contribution in [-0.4, -0.2) is 15.8 Å². The molecule has 0 amide bonds. The Hall–Kier alpha value is -0.730. The molecule has 1 aromatic carbocycles. The fourth-order valence-electron chi connectivity index (χ4n) is 0.952. The summed E-state index contributed by atoms with van der Waals surface area (Å²) in [5.74, 6) is 0. The Bertz CT molecular complexity index is 306. The van der Waals surface area contributed by atoms with Gasteiger partial charge in [-0.3, -0.25) is 0 Å². The van der Waals surface area contributed by atoms with Crippen LogP contribution in [-0.2, 0) is 0 Å². The summed E-state index contributed by atoms with van der Waals surface area (Å²) in [5, 5.41) is 11.7. The Morgan fingerprint density at radius 2 is 1.85 bits per heavy atom. The van der Waals surface area contributed by atoms with Gasteiger partial charge in [0.25, 0.3) is 0 Å². The third kappa shape index (κ3) is 2.61. The molecule has 0 saturated carbocycles. The van der Waals surface area contributed by atoms with Crippen molar-refractivity contribution in [2.45, 2.75) is 11.8 Å². The summed E-state index contributed by atoms with van der Waals surface area (Å²) in [5.41, 5.74) is 2.12. The largest absolute Gasteiger partial charge is 0.411 e. The minimum absolute atomic E-state index is 0.267. The lowest BCUT2D eigenvalue weighted by Gasteiger charge is -2.04. The molecule has 0 aliphatic carbocycles. The average molecular weight is 218 g/mol. The van der Waals surface area contributed by atoms with Gasteiger partial charge in [-0.2, -0.15) is 0 Å². The van der Waals surface area contributed by atoms with Crippen molar-refractivity contribution in [2.75, 3.05) is 0 Å². The van der Waals surface area contributed by atoms with Crippen LogP contribution < -0.4 is 0 Å². The van der Waals surface area contributed by atoms with Crippen LogP contribution in [0.5, 0.6) is 0 Å². The van der Waals surface area contributed by atoms with Crippen LogP contribution in [0.2, 0.25) is 0 Å². The summed E-state index contributed by atoms with van der Waals surface area (Å²) < 4.78 is 0. The lowest BCUT2D eigenvalue weighted by atomic mass is 10.1. The number of oxime groups is 1. The number of nitrogens with zero attached hydrogens (tertiary/aromatic N) is 1. The van der Waals surface area contributed by atoms with E-state index in [4.69, 9.17) is 28.4 Å². The minimum atomic E-state index is -0.812. The molecule has 0 spiro atoms. The zero-order valence-electron chi connectivity index (χ0n) is 7.04. The maximum Gasteiger partial charge on any atom is 0.153 e. The summed E-state index contributed by atoms with van der Waals surface area (Å²) in [4.78, 5) is -0.812. The fraction of sp³-hybridized carbons (Fsp3) is 0.222. The number of benzene rings is 1. The average Bonchev–Trinajstić information content (AvgIpc) is 2.09. The highest BCUT2D eigenvalue weighted by Crippen LogP contribution is 2.13. The van der Waals surface area contributed by atoms with Gasteiger partial charge >= 0.3 is 0 Å². The Balaban J connectivity index is 3.00. The predicted molar refractivity (Wildman–Crippen MR) is 55.0 cm³/mol. The van der Waals surface area contributed by atoms with Crippen LogP contribution in [0.25, 0.3) is 0 Å². The Morgan fingerprint density at radius 3 is 2.23 bits per heavy atom. The molecule has 0 atom stereocenters. The Morgan fingerprint density at radius 1 is 1.31 bits per heavy atom. The highest BCUT2D eigenvalue weighted by Gasteiger charge is 2.12. The van der Waals surface area contributed by atoms with Crippen LogP contribution in [0.1, 0.15) is 11.1 Å². The standard InChI is InChI=1S/C9H9Cl2NO/c1-6-2-4-7(5-3-6)8(12-13)9(10)11/h2-5,9,13H,1H3/b12-8-. The summed E-state index contributed by atoms with van der Waals surface area (Å²) in [6.45, 7) is 1.97. The van der Waals surface area contributed by atoms with Crippen molar-refractivity contribution in [1.29, 1.82) is 0 Å². The predicted octanol–water partition coefficient (Wildman–Crippen LogP) is 2.98. The third-order valence-electron chi connectivity index (χ3n) is 1.66. The van der Waals surface area contributed by atoms with Crippen LogP contribution in [0.4, 0.5) is 0 Å². The van der Waals surface area contributed by atoms with E-state index in [0.717, 1.165) is 11.1 Å². The SMILES string of the molecule is Cc1ccc(/C(=N/O)C(Cl)Cl)cc1. The van der Waals surface area contributed by atoms with E-state index in [2.05, 4.69) is 5.16 Å². The maximum absolute atomic E-state index is 8.64. The summed E-state index contributed by atoms with van der Waals surface area (Å²) in [6.07, 6.45) is 0. The lowest BCUT2D eigenvalue weighted by Crippen LogP contribution is -2.09. The van der Waals surface area contributed by atoms with E-state index < -0.39 is 4.84 Å². The third-order valence-corrected chi connectivity index (χ3v) is 2.08. The summed E-state index contributed by atoms with van der Waals surface area (Å²) in [6, 6.07) is 7.41. The molecule has 0 fully saturated rings. The first-order valence-corrected chi connectivity index (χ1v) is 4.59. The smallest absolute Gasteiger partial charge is 0.153 e. The van der Waals surface area contributed by atoms with E-state index in [-0.39, 0.29) is 5.71 Å². The van der Waals surface area contributed by atoms with Gasteiger partial charge in [-0.25, -0.2) is 0 Å². The van der Waals surface area contributed by atoms with Crippen molar-refractivity contribution < 1.29 is 5.21 Å². The molecule has 2 nitrogen and oxygen atoms in total. The van der Waals surface area contributed by atoms with Crippen molar-refractivity contribution in [1.82, 2.24) is 0 Å². The molecule has 1 aromatic rings. The molecule has 4 heteroatoms. The zero-order valence-corrected chi connectivity index (χ0v) is 8.55. The second-order valence-electron chi connectivity index (χ2n) is 2.65. The van der Waals surface area contributed by atoms with Gasteiger partial charge in [0.05, 0.1) is 0 Å². The molecule has 0 aliphatic heterocycles. The van der Waals surface area contributed by atoms with E-state index in [1.165, 1.54) is 0 Å². The van der Waals surface area contributed by atoms with Crippen molar-refractivity contribution in [2.24, 2.45) is 5.16 Å². The number of rotatable bonds is 2. The monoisotopic (exact) mass is 217 g/mol. The van der Waals surface area contributed by atoms with Gasteiger partial charge in [-0.15, -0.1) is 0 Å².